The summed E-state index contributed by atoms with van der Waals surface area (Å²) in [6.45, 7) is 4.14. The minimum absolute atomic E-state index is 0.0179. The Morgan fingerprint density at radius 2 is 1.85 bits per heavy atom. The molecule has 0 aliphatic carbocycles. The summed E-state index contributed by atoms with van der Waals surface area (Å²) in [6.07, 6.45) is 3.35. The molecule has 0 radical (unpaired) electrons. The van der Waals surface area contributed by atoms with Gasteiger partial charge in [-0.2, -0.15) is 5.10 Å². The van der Waals surface area contributed by atoms with E-state index >= 15 is 0 Å². The van der Waals surface area contributed by atoms with Crippen LogP contribution in [0.5, 0.6) is 5.75 Å². The van der Waals surface area contributed by atoms with Crippen molar-refractivity contribution >= 4 is 11.8 Å². The van der Waals surface area contributed by atoms with Crippen molar-refractivity contribution in [3.05, 3.63) is 47.3 Å². The number of hydrogen-bond acceptors (Lipinski definition) is 4. The first-order valence-corrected chi connectivity index (χ1v) is 8.89. The van der Waals surface area contributed by atoms with Crippen LogP contribution >= 0.6 is 0 Å². The Kier molecular flexibility index (Phi) is 5.55. The van der Waals surface area contributed by atoms with Crippen molar-refractivity contribution in [2.45, 2.75) is 19.8 Å². The third-order valence-electron chi connectivity index (χ3n) is 4.62. The van der Waals surface area contributed by atoms with Crippen molar-refractivity contribution in [2.75, 3.05) is 33.3 Å². The van der Waals surface area contributed by atoms with Crippen LogP contribution in [0.15, 0.2) is 30.5 Å². The SMILES string of the molecule is CCCc1[nH]ncc1C(=O)N1CCN(C(=O)c2cccc(OC)c2)CC1. The summed E-state index contributed by atoms with van der Waals surface area (Å²) >= 11 is 0. The van der Waals surface area contributed by atoms with Crippen LogP contribution in [0, 0.1) is 0 Å². The number of ether oxygens (including phenoxy) is 1. The molecule has 1 aromatic heterocycles. The molecule has 7 nitrogen and oxygen atoms in total. The highest BCUT2D eigenvalue weighted by molar-refractivity contribution is 5.96. The molecule has 2 amide bonds. The van der Waals surface area contributed by atoms with Gasteiger partial charge in [-0.15, -0.1) is 0 Å². The molecular weight excluding hydrogens is 332 g/mol. The number of aryl methyl sites for hydroxylation is 1. The smallest absolute Gasteiger partial charge is 0.257 e. The van der Waals surface area contributed by atoms with Gasteiger partial charge in [-0.1, -0.05) is 19.4 Å². The number of H-pyrrole nitrogens is 1. The second kappa shape index (κ2) is 8.03. The monoisotopic (exact) mass is 356 g/mol. The maximum Gasteiger partial charge on any atom is 0.257 e. The summed E-state index contributed by atoms with van der Waals surface area (Å²) in [5.74, 6) is 0.606. The van der Waals surface area contributed by atoms with Gasteiger partial charge in [0.1, 0.15) is 5.75 Å². The molecule has 1 fully saturated rings. The third kappa shape index (κ3) is 3.71. The first-order valence-electron chi connectivity index (χ1n) is 8.89. The van der Waals surface area contributed by atoms with Crippen LogP contribution in [0.2, 0.25) is 0 Å². The van der Waals surface area contributed by atoms with Crippen LogP contribution in [0.1, 0.15) is 39.8 Å². The minimum atomic E-state index is -0.0361. The molecule has 0 spiro atoms. The fourth-order valence-corrected chi connectivity index (χ4v) is 3.16. The lowest BCUT2D eigenvalue weighted by molar-refractivity contribution is 0.0534. The molecule has 2 heterocycles. The number of nitrogens with zero attached hydrogens (tertiary/aromatic N) is 3. The number of benzene rings is 1. The van der Waals surface area contributed by atoms with Crippen molar-refractivity contribution < 1.29 is 14.3 Å². The maximum atomic E-state index is 12.7. The van der Waals surface area contributed by atoms with E-state index in [1.807, 2.05) is 6.07 Å². The molecule has 1 aliphatic heterocycles. The number of nitrogens with one attached hydrogen (secondary N) is 1. The number of aromatic amines is 1. The van der Waals surface area contributed by atoms with Gasteiger partial charge in [-0.25, -0.2) is 0 Å². The average molecular weight is 356 g/mol. The second-order valence-electron chi connectivity index (χ2n) is 6.33. The van der Waals surface area contributed by atoms with Crippen LogP contribution in [0.25, 0.3) is 0 Å². The van der Waals surface area contributed by atoms with Gasteiger partial charge < -0.3 is 14.5 Å². The molecule has 2 aromatic rings. The fourth-order valence-electron chi connectivity index (χ4n) is 3.16. The first-order chi connectivity index (χ1) is 12.6. The Bertz CT molecular complexity index is 779. The molecule has 1 aliphatic rings. The van der Waals surface area contributed by atoms with Crippen molar-refractivity contribution in [3.63, 3.8) is 0 Å². The maximum absolute atomic E-state index is 12.7. The standard InChI is InChI=1S/C19H24N4O3/c1-3-5-17-16(13-20-21-17)19(25)23-10-8-22(9-11-23)18(24)14-6-4-7-15(12-14)26-2/h4,6-7,12-13H,3,5,8-11H2,1-2H3,(H,20,21). The number of hydrogen-bond donors (Lipinski definition) is 1. The van der Waals surface area contributed by atoms with Gasteiger partial charge in [0, 0.05) is 37.4 Å². The van der Waals surface area contributed by atoms with Crippen molar-refractivity contribution in [1.82, 2.24) is 20.0 Å². The van der Waals surface area contributed by atoms with Crippen molar-refractivity contribution in [2.24, 2.45) is 0 Å². The summed E-state index contributed by atoms with van der Waals surface area (Å²) in [5.41, 5.74) is 2.12. The highest BCUT2D eigenvalue weighted by Crippen LogP contribution is 2.17. The van der Waals surface area contributed by atoms with Crippen LogP contribution in [-0.4, -0.2) is 65.1 Å². The Morgan fingerprint density at radius 1 is 1.15 bits per heavy atom. The van der Waals surface area contributed by atoms with Crippen LogP contribution in [0.3, 0.4) is 0 Å². The summed E-state index contributed by atoms with van der Waals surface area (Å²) in [7, 11) is 1.58. The summed E-state index contributed by atoms with van der Waals surface area (Å²) in [6, 6.07) is 7.14. The lowest BCUT2D eigenvalue weighted by Gasteiger charge is -2.34. The van der Waals surface area contributed by atoms with E-state index in [4.69, 9.17) is 4.74 Å². The number of amides is 2. The van der Waals surface area contributed by atoms with Gasteiger partial charge in [-0.05, 0) is 24.6 Å². The van der Waals surface area contributed by atoms with E-state index < -0.39 is 0 Å². The molecule has 1 N–H and O–H groups in total. The van der Waals surface area contributed by atoms with Gasteiger partial charge in [0.05, 0.1) is 18.9 Å². The van der Waals surface area contributed by atoms with Gasteiger partial charge in [0.15, 0.2) is 0 Å². The van der Waals surface area contributed by atoms with Gasteiger partial charge >= 0.3 is 0 Å². The number of carbonyl (C=O) groups excluding carboxylic acids is 2. The van der Waals surface area contributed by atoms with E-state index in [0.717, 1.165) is 18.5 Å². The first kappa shape index (κ1) is 18.0. The van der Waals surface area contributed by atoms with E-state index in [1.165, 1.54) is 0 Å². The Labute approximate surface area is 152 Å². The molecule has 26 heavy (non-hydrogen) atoms. The predicted octanol–water partition coefficient (Wildman–Crippen LogP) is 1.97. The van der Waals surface area contributed by atoms with Crippen molar-refractivity contribution in [1.29, 1.82) is 0 Å². The van der Waals surface area contributed by atoms with E-state index in [0.29, 0.717) is 43.1 Å². The predicted molar refractivity (Wildman–Crippen MR) is 97.4 cm³/mol. The topological polar surface area (TPSA) is 78.5 Å². The fraction of sp³-hybridized carbons (Fsp3) is 0.421. The van der Waals surface area contributed by atoms with Crippen LogP contribution in [0.4, 0.5) is 0 Å². The molecule has 0 bridgehead atoms. The Balaban J connectivity index is 1.62. The van der Waals surface area contributed by atoms with Crippen LogP contribution in [-0.2, 0) is 6.42 Å². The molecular formula is C19H24N4O3. The van der Waals surface area contributed by atoms with E-state index in [1.54, 1.807) is 41.3 Å². The quantitative estimate of drug-likeness (QED) is 0.888. The molecule has 138 valence electrons. The molecule has 7 heteroatoms. The van der Waals surface area contributed by atoms with Crippen LogP contribution < -0.4 is 4.74 Å². The van der Waals surface area contributed by atoms with E-state index in [-0.39, 0.29) is 11.8 Å². The molecule has 3 rings (SSSR count). The lowest BCUT2D eigenvalue weighted by Crippen LogP contribution is -2.50. The average Bonchev–Trinajstić information content (AvgIpc) is 3.15. The highest BCUT2D eigenvalue weighted by atomic mass is 16.5. The molecule has 0 unspecified atom stereocenters. The second-order valence-corrected chi connectivity index (χ2v) is 6.33. The Morgan fingerprint density at radius 3 is 2.50 bits per heavy atom. The number of carbonyl (C=O) groups is 2. The van der Waals surface area contributed by atoms with Gasteiger partial charge in [-0.3, -0.25) is 14.7 Å². The lowest BCUT2D eigenvalue weighted by atomic mass is 10.1. The molecule has 1 aromatic carbocycles. The normalized spacial score (nSPS) is 14.4. The number of piperazine rings is 1. The van der Waals surface area contributed by atoms with Gasteiger partial charge in [0.25, 0.3) is 11.8 Å². The van der Waals surface area contributed by atoms with E-state index in [2.05, 4.69) is 17.1 Å². The largest absolute Gasteiger partial charge is 0.497 e. The zero-order chi connectivity index (χ0) is 18.5. The summed E-state index contributed by atoms with van der Waals surface area (Å²) in [5, 5.41) is 6.92. The van der Waals surface area contributed by atoms with E-state index in [9.17, 15) is 9.59 Å². The molecule has 1 saturated heterocycles. The number of aromatic nitrogens is 2. The van der Waals surface area contributed by atoms with Gasteiger partial charge in [0.2, 0.25) is 0 Å². The zero-order valence-electron chi connectivity index (χ0n) is 15.2. The zero-order valence-corrected chi connectivity index (χ0v) is 15.2. The summed E-state index contributed by atoms with van der Waals surface area (Å²) in [4.78, 5) is 29.0. The Hall–Kier alpha value is -2.83. The minimum Gasteiger partial charge on any atom is -0.497 e. The summed E-state index contributed by atoms with van der Waals surface area (Å²) < 4.78 is 5.18. The molecule has 0 atom stereocenters. The third-order valence-corrected chi connectivity index (χ3v) is 4.62. The molecule has 0 saturated carbocycles. The number of rotatable bonds is 5. The number of methoxy groups -OCH3 is 1. The highest BCUT2D eigenvalue weighted by Gasteiger charge is 2.27. The van der Waals surface area contributed by atoms with Crippen molar-refractivity contribution in [3.8, 4) is 5.75 Å².